The first-order chi connectivity index (χ1) is 15.2. The van der Waals surface area contributed by atoms with Crippen molar-refractivity contribution in [1.29, 1.82) is 0 Å². The molecule has 0 saturated heterocycles. The van der Waals surface area contributed by atoms with Crippen LogP contribution in [0.1, 0.15) is 5.56 Å². The minimum atomic E-state index is -0.113. The van der Waals surface area contributed by atoms with Gasteiger partial charge in [0.2, 0.25) is 5.95 Å². The maximum atomic E-state index is 13.1. The fraction of sp³-hybridized carbons (Fsp3) is 0.182. The van der Waals surface area contributed by atoms with Crippen LogP contribution >= 0.6 is 0 Å². The van der Waals surface area contributed by atoms with Crippen molar-refractivity contribution in [2.75, 3.05) is 29.1 Å². The number of amides is 1. The van der Waals surface area contributed by atoms with E-state index < -0.39 is 0 Å². The van der Waals surface area contributed by atoms with Gasteiger partial charge in [-0.2, -0.15) is 15.1 Å². The average molecular weight is 415 g/mol. The van der Waals surface area contributed by atoms with E-state index in [0.29, 0.717) is 23.8 Å². The van der Waals surface area contributed by atoms with Gasteiger partial charge in [-0.1, -0.05) is 36.4 Å². The summed E-state index contributed by atoms with van der Waals surface area (Å²) in [7, 11) is 0. The molecule has 5 rings (SSSR count). The molecule has 2 aromatic carbocycles. The molecule has 1 aliphatic heterocycles. The van der Waals surface area contributed by atoms with Gasteiger partial charge in [-0.25, -0.2) is 0 Å². The van der Waals surface area contributed by atoms with Gasteiger partial charge < -0.3 is 20.7 Å². The van der Waals surface area contributed by atoms with Crippen LogP contribution in [-0.4, -0.2) is 45.3 Å². The van der Waals surface area contributed by atoms with E-state index in [1.807, 2.05) is 54.6 Å². The smallest absolute Gasteiger partial charge is 0.264 e. The zero-order valence-electron chi connectivity index (χ0n) is 16.7. The Balaban J connectivity index is 1.38. The van der Waals surface area contributed by atoms with Crippen LogP contribution in [-0.2, 0) is 11.2 Å². The van der Waals surface area contributed by atoms with Gasteiger partial charge in [0.15, 0.2) is 12.3 Å². The lowest BCUT2D eigenvalue weighted by atomic mass is 9.97. The van der Waals surface area contributed by atoms with Crippen molar-refractivity contribution >= 4 is 34.4 Å². The molecule has 31 heavy (non-hydrogen) atoms. The lowest BCUT2D eigenvalue weighted by Crippen LogP contribution is -2.47. The SMILES string of the molecule is Nc1nc(NC2Cc3ccccc3N(C(=O)COc3ccccc3)C2)c2cn[nH]c2n1. The number of para-hydroxylation sites is 2. The zero-order valence-corrected chi connectivity index (χ0v) is 16.7. The number of H-pyrrole nitrogens is 1. The van der Waals surface area contributed by atoms with Crippen LogP contribution in [0.5, 0.6) is 5.75 Å². The lowest BCUT2D eigenvalue weighted by molar-refractivity contribution is -0.120. The van der Waals surface area contributed by atoms with E-state index in [1.165, 1.54) is 0 Å². The second-order valence-electron chi connectivity index (χ2n) is 7.34. The third kappa shape index (κ3) is 3.85. The number of anilines is 3. The van der Waals surface area contributed by atoms with Crippen LogP contribution in [0.25, 0.3) is 11.0 Å². The normalized spacial score (nSPS) is 15.5. The van der Waals surface area contributed by atoms with Crippen LogP contribution in [0.3, 0.4) is 0 Å². The maximum Gasteiger partial charge on any atom is 0.264 e. The molecular weight excluding hydrogens is 394 g/mol. The van der Waals surface area contributed by atoms with Crippen molar-refractivity contribution in [2.45, 2.75) is 12.5 Å². The van der Waals surface area contributed by atoms with Crippen molar-refractivity contribution in [3.05, 3.63) is 66.4 Å². The van der Waals surface area contributed by atoms with Crippen LogP contribution < -0.4 is 20.7 Å². The van der Waals surface area contributed by atoms with Gasteiger partial charge in [0.05, 0.1) is 11.6 Å². The van der Waals surface area contributed by atoms with E-state index in [1.54, 1.807) is 11.1 Å². The molecule has 0 saturated carbocycles. The molecule has 0 spiro atoms. The minimum Gasteiger partial charge on any atom is -0.484 e. The molecule has 1 aliphatic rings. The number of ether oxygens (including phenoxy) is 1. The van der Waals surface area contributed by atoms with Crippen LogP contribution in [0.15, 0.2) is 60.8 Å². The van der Waals surface area contributed by atoms with E-state index in [9.17, 15) is 4.79 Å². The Labute approximate surface area is 178 Å². The number of nitrogen functional groups attached to an aromatic ring is 1. The lowest BCUT2D eigenvalue weighted by Gasteiger charge is -2.35. The van der Waals surface area contributed by atoms with Gasteiger partial charge in [-0.3, -0.25) is 9.89 Å². The predicted molar refractivity (Wildman–Crippen MR) is 118 cm³/mol. The average Bonchev–Trinajstić information content (AvgIpc) is 3.26. The number of hydrogen-bond acceptors (Lipinski definition) is 7. The Morgan fingerprint density at radius 3 is 2.84 bits per heavy atom. The molecule has 1 atom stereocenters. The Bertz CT molecular complexity index is 1230. The highest BCUT2D eigenvalue weighted by Gasteiger charge is 2.29. The molecule has 9 heteroatoms. The minimum absolute atomic E-state index is 0.0441. The Hall–Kier alpha value is -4.14. The molecule has 1 amide bonds. The summed E-state index contributed by atoms with van der Waals surface area (Å²) >= 11 is 0. The number of hydrogen-bond donors (Lipinski definition) is 3. The second kappa shape index (κ2) is 7.94. The highest BCUT2D eigenvalue weighted by Crippen LogP contribution is 2.29. The molecule has 3 heterocycles. The third-order valence-corrected chi connectivity index (χ3v) is 5.23. The summed E-state index contributed by atoms with van der Waals surface area (Å²) < 4.78 is 5.69. The molecule has 0 radical (unpaired) electrons. The largest absolute Gasteiger partial charge is 0.484 e. The molecule has 1 unspecified atom stereocenters. The second-order valence-corrected chi connectivity index (χ2v) is 7.34. The van der Waals surface area contributed by atoms with Gasteiger partial charge >= 0.3 is 0 Å². The monoisotopic (exact) mass is 415 g/mol. The van der Waals surface area contributed by atoms with Crippen molar-refractivity contribution in [1.82, 2.24) is 20.2 Å². The van der Waals surface area contributed by atoms with Crippen molar-refractivity contribution in [3.63, 3.8) is 0 Å². The van der Waals surface area contributed by atoms with Crippen molar-refractivity contribution in [2.24, 2.45) is 0 Å². The van der Waals surface area contributed by atoms with Gasteiger partial charge in [0, 0.05) is 18.3 Å². The number of nitrogens with zero attached hydrogens (tertiary/aromatic N) is 4. The van der Waals surface area contributed by atoms with E-state index in [2.05, 4.69) is 25.5 Å². The quantitative estimate of drug-likeness (QED) is 0.457. The summed E-state index contributed by atoms with van der Waals surface area (Å²) in [6, 6.07) is 17.2. The molecule has 2 aromatic heterocycles. The van der Waals surface area contributed by atoms with Gasteiger partial charge in [-0.15, -0.1) is 0 Å². The number of carbonyl (C=O) groups excluding carboxylic acids is 1. The Kier molecular flexibility index (Phi) is 4.83. The summed E-state index contributed by atoms with van der Waals surface area (Å²) in [5, 5.41) is 11.0. The standard InChI is InChI=1S/C22H21N7O2/c23-22-26-20(17-11-24-28-21(17)27-22)25-15-10-14-6-4-5-9-18(14)29(12-15)19(30)13-31-16-7-2-1-3-8-16/h1-9,11,15H,10,12-13H2,(H4,23,24,25,26,27,28). The fourth-order valence-corrected chi connectivity index (χ4v) is 3.82. The topological polar surface area (TPSA) is 122 Å². The van der Waals surface area contributed by atoms with Crippen molar-refractivity contribution < 1.29 is 9.53 Å². The number of fused-ring (bicyclic) bond motifs is 2. The first kappa shape index (κ1) is 18.9. The van der Waals surface area contributed by atoms with Crippen molar-refractivity contribution in [3.8, 4) is 5.75 Å². The molecule has 0 fully saturated rings. The van der Waals surface area contributed by atoms with E-state index >= 15 is 0 Å². The molecule has 4 N–H and O–H groups in total. The maximum absolute atomic E-state index is 13.1. The number of aromatic amines is 1. The summed E-state index contributed by atoms with van der Waals surface area (Å²) in [5.41, 5.74) is 8.38. The number of carbonyl (C=O) groups is 1. The molecule has 0 bridgehead atoms. The van der Waals surface area contributed by atoms with Gasteiger partial charge in [0.1, 0.15) is 11.6 Å². The van der Waals surface area contributed by atoms with Gasteiger partial charge in [0.25, 0.3) is 5.91 Å². The highest BCUT2D eigenvalue weighted by molar-refractivity contribution is 5.96. The summed E-state index contributed by atoms with van der Waals surface area (Å²) in [4.78, 5) is 23.3. The molecule has 4 aromatic rings. The summed E-state index contributed by atoms with van der Waals surface area (Å²) in [6.45, 7) is 0.425. The summed E-state index contributed by atoms with van der Waals surface area (Å²) in [5.74, 6) is 1.29. The fourth-order valence-electron chi connectivity index (χ4n) is 3.82. The van der Waals surface area contributed by atoms with E-state index in [0.717, 1.165) is 23.1 Å². The molecule has 156 valence electrons. The first-order valence-corrected chi connectivity index (χ1v) is 9.96. The van der Waals surface area contributed by atoms with Crippen LogP contribution in [0, 0.1) is 0 Å². The number of rotatable bonds is 5. The zero-order chi connectivity index (χ0) is 21.2. The number of aromatic nitrogens is 4. The number of nitrogens with one attached hydrogen (secondary N) is 2. The Morgan fingerprint density at radius 2 is 1.97 bits per heavy atom. The van der Waals surface area contributed by atoms with E-state index in [-0.39, 0.29) is 24.5 Å². The predicted octanol–water partition coefficient (Wildman–Crippen LogP) is 2.38. The summed E-state index contributed by atoms with van der Waals surface area (Å²) in [6.07, 6.45) is 2.40. The highest BCUT2D eigenvalue weighted by atomic mass is 16.5. The number of benzene rings is 2. The van der Waals surface area contributed by atoms with Gasteiger partial charge in [-0.05, 0) is 30.2 Å². The Morgan fingerprint density at radius 1 is 1.16 bits per heavy atom. The van der Waals surface area contributed by atoms with Crippen LogP contribution in [0.2, 0.25) is 0 Å². The first-order valence-electron chi connectivity index (χ1n) is 9.96. The molecule has 0 aliphatic carbocycles. The van der Waals surface area contributed by atoms with Crippen LogP contribution in [0.4, 0.5) is 17.5 Å². The molecule has 9 nitrogen and oxygen atoms in total. The van der Waals surface area contributed by atoms with E-state index in [4.69, 9.17) is 10.5 Å². The third-order valence-electron chi connectivity index (χ3n) is 5.23. The number of nitrogens with two attached hydrogens (primary N) is 1. The molecular formula is C22H21N7O2.